The molecule has 0 saturated carbocycles. The molecule has 10 heavy (non-hydrogen) atoms. The average Bonchev–Trinajstić information content (AvgIpc) is 2.18. The molecule has 2 aliphatic carbocycles. The van der Waals surface area contributed by atoms with Crippen molar-refractivity contribution in [2.75, 3.05) is 0 Å². The summed E-state index contributed by atoms with van der Waals surface area (Å²) in [5.74, 6) is 0. The standard InChI is InChI=1S/C10H12/c1-9(2)8-4-6-10(9,3)7-5-8/h4,6-7H,1-3H3. The van der Waals surface area contributed by atoms with Gasteiger partial charge in [-0.05, 0) is 6.08 Å². The summed E-state index contributed by atoms with van der Waals surface area (Å²) in [6, 6.07) is 0. The lowest BCUT2D eigenvalue weighted by atomic mass is 9.71. The van der Waals surface area contributed by atoms with E-state index < -0.39 is 0 Å². The summed E-state index contributed by atoms with van der Waals surface area (Å²) in [6.07, 6.45) is 6.65. The van der Waals surface area contributed by atoms with Crippen molar-refractivity contribution in [3.05, 3.63) is 29.5 Å². The van der Waals surface area contributed by atoms with Gasteiger partial charge in [-0.15, -0.1) is 5.73 Å². The van der Waals surface area contributed by atoms with Gasteiger partial charge < -0.3 is 0 Å². The van der Waals surface area contributed by atoms with E-state index in [-0.39, 0.29) is 5.41 Å². The summed E-state index contributed by atoms with van der Waals surface area (Å²) < 4.78 is 0. The summed E-state index contributed by atoms with van der Waals surface area (Å²) in [5, 5.41) is 0. The Morgan fingerprint density at radius 2 is 2.00 bits per heavy atom. The van der Waals surface area contributed by atoms with Crippen molar-refractivity contribution in [2.24, 2.45) is 10.8 Å². The molecule has 0 amide bonds. The van der Waals surface area contributed by atoms with Gasteiger partial charge >= 0.3 is 0 Å². The van der Waals surface area contributed by atoms with Gasteiger partial charge in [-0.25, -0.2) is 0 Å². The largest absolute Gasteiger partial charge is 0.120 e. The SMILES string of the molecule is CC12C=C=C(C=C1)C2(C)C. The topological polar surface area (TPSA) is 0 Å². The van der Waals surface area contributed by atoms with E-state index in [4.69, 9.17) is 0 Å². The van der Waals surface area contributed by atoms with E-state index in [0.717, 1.165) is 0 Å². The average molecular weight is 132 g/mol. The normalized spacial score (nSPS) is 38.9. The molecule has 0 radical (unpaired) electrons. The van der Waals surface area contributed by atoms with E-state index in [1.807, 2.05) is 0 Å². The minimum Gasteiger partial charge on any atom is -0.120 e. The van der Waals surface area contributed by atoms with E-state index in [2.05, 4.69) is 44.7 Å². The van der Waals surface area contributed by atoms with E-state index in [9.17, 15) is 0 Å². The summed E-state index contributed by atoms with van der Waals surface area (Å²) in [6.45, 7) is 6.81. The van der Waals surface area contributed by atoms with Crippen molar-refractivity contribution < 1.29 is 0 Å². The predicted octanol–water partition coefficient (Wildman–Crippen LogP) is 2.68. The van der Waals surface area contributed by atoms with Gasteiger partial charge in [0.25, 0.3) is 0 Å². The fraction of sp³-hybridized carbons (Fsp3) is 0.500. The molecule has 0 N–H and O–H groups in total. The first-order valence-electron chi connectivity index (χ1n) is 3.74. The Morgan fingerprint density at radius 1 is 1.30 bits per heavy atom. The first-order valence-corrected chi connectivity index (χ1v) is 3.74. The van der Waals surface area contributed by atoms with E-state index in [1.165, 1.54) is 5.57 Å². The monoisotopic (exact) mass is 132 g/mol. The fourth-order valence-corrected chi connectivity index (χ4v) is 1.65. The van der Waals surface area contributed by atoms with Gasteiger partial charge in [0.05, 0.1) is 0 Å². The van der Waals surface area contributed by atoms with Crippen LogP contribution in [0.5, 0.6) is 0 Å². The second kappa shape index (κ2) is 1.31. The van der Waals surface area contributed by atoms with Crippen LogP contribution in [0.3, 0.4) is 0 Å². The molecule has 52 valence electrons. The molecule has 0 aromatic rings. The van der Waals surface area contributed by atoms with Crippen molar-refractivity contribution in [3.63, 3.8) is 0 Å². The third-order valence-corrected chi connectivity index (χ3v) is 3.14. The van der Waals surface area contributed by atoms with Crippen molar-refractivity contribution in [1.29, 1.82) is 0 Å². The highest BCUT2D eigenvalue weighted by atomic mass is 14.5. The molecule has 1 unspecified atom stereocenters. The van der Waals surface area contributed by atoms with Crippen LogP contribution < -0.4 is 0 Å². The zero-order valence-electron chi connectivity index (χ0n) is 6.73. The number of hydrogen-bond donors (Lipinski definition) is 0. The van der Waals surface area contributed by atoms with Crippen LogP contribution in [-0.4, -0.2) is 0 Å². The van der Waals surface area contributed by atoms with E-state index in [0.29, 0.717) is 5.41 Å². The van der Waals surface area contributed by atoms with Crippen molar-refractivity contribution in [1.82, 2.24) is 0 Å². The lowest BCUT2D eigenvalue weighted by molar-refractivity contribution is 0.288. The van der Waals surface area contributed by atoms with Gasteiger partial charge in [0.1, 0.15) is 0 Å². The summed E-state index contributed by atoms with van der Waals surface area (Å²) in [4.78, 5) is 0. The fourth-order valence-electron chi connectivity index (χ4n) is 1.65. The summed E-state index contributed by atoms with van der Waals surface area (Å²) in [7, 11) is 0. The van der Waals surface area contributed by atoms with Crippen LogP contribution in [0.25, 0.3) is 0 Å². The van der Waals surface area contributed by atoms with Gasteiger partial charge in [0.2, 0.25) is 0 Å². The molecule has 2 aliphatic rings. The Balaban J connectivity index is 2.63. The lowest BCUT2D eigenvalue weighted by Gasteiger charge is -2.31. The molecule has 0 heteroatoms. The van der Waals surface area contributed by atoms with Crippen molar-refractivity contribution >= 4 is 0 Å². The molecule has 0 aromatic carbocycles. The highest BCUT2D eigenvalue weighted by Crippen LogP contribution is 2.54. The zero-order valence-corrected chi connectivity index (χ0v) is 6.73. The van der Waals surface area contributed by atoms with Crippen molar-refractivity contribution in [3.8, 4) is 0 Å². The number of hydrogen-bond acceptors (Lipinski definition) is 0. The maximum absolute atomic E-state index is 3.29. The predicted molar refractivity (Wildman–Crippen MR) is 42.6 cm³/mol. The second-order valence-electron chi connectivity index (χ2n) is 3.94. The maximum atomic E-state index is 3.29. The van der Waals surface area contributed by atoms with Crippen LogP contribution in [0.4, 0.5) is 0 Å². The number of rotatable bonds is 0. The summed E-state index contributed by atoms with van der Waals surface area (Å²) in [5.41, 5.74) is 5.20. The number of allylic oxidation sites excluding steroid dienone is 3. The van der Waals surface area contributed by atoms with Crippen molar-refractivity contribution in [2.45, 2.75) is 20.8 Å². The molecular weight excluding hydrogens is 120 g/mol. The smallest absolute Gasteiger partial charge is 0.0209 e. The molecule has 0 nitrogen and oxygen atoms in total. The Bertz CT molecular complexity index is 272. The molecule has 0 saturated heterocycles. The van der Waals surface area contributed by atoms with E-state index >= 15 is 0 Å². The van der Waals surface area contributed by atoms with Crippen LogP contribution >= 0.6 is 0 Å². The minimum absolute atomic E-state index is 0.252. The number of fused-ring (bicyclic) bond motifs is 2. The van der Waals surface area contributed by atoms with Gasteiger partial charge in [-0.3, -0.25) is 0 Å². The molecular formula is C10H12. The van der Waals surface area contributed by atoms with Crippen LogP contribution in [0.1, 0.15) is 20.8 Å². The van der Waals surface area contributed by atoms with Gasteiger partial charge in [0.15, 0.2) is 0 Å². The first kappa shape index (κ1) is 6.00. The molecule has 0 fully saturated rings. The lowest BCUT2D eigenvalue weighted by Crippen LogP contribution is -2.25. The van der Waals surface area contributed by atoms with E-state index in [1.54, 1.807) is 0 Å². The highest BCUT2D eigenvalue weighted by Gasteiger charge is 2.46. The zero-order chi connectivity index (χ0) is 7.41. The molecule has 2 rings (SSSR count). The quantitative estimate of drug-likeness (QED) is 0.444. The Kier molecular flexibility index (Phi) is 0.784. The molecule has 0 heterocycles. The Hall–Kier alpha value is -0.740. The Labute approximate surface area is 61.9 Å². The van der Waals surface area contributed by atoms with Crippen LogP contribution in [0, 0.1) is 10.8 Å². The summed E-state index contributed by atoms with van der Waals surface area (Å²) >= 11 is 0. The first-order chi connectivity index (χ1) is 4.56. The minimum atomic E-state index is 0.252. The van der Waals surface area contributed by atoms with Crippen LogP contribution in [0.2, 0.25) is 0 Å². The van der Waals surface area contributed by atoms with Crippen LogP contribution in [0.15, 0.2) is 29.5 Å². The van der Waals surface area contributed by atoms with Gasteiger partial charge in [-0.1, -0.05) is 32.9 Å². The van der Waals surface area contributed by atoms with Gasteiger partial charge in [-0.2, -0.15) is 0 Å². The Morgan fingerprint density at radius 3 is 2.10 bits per heavy atom. The van der Waals surface area contributed by atoms with Gasteiger partial charge in [0, 0.05) is 16.4 Å². The highest BCUT2D eigenvalue weighted by molar-refractivity contribution is 5.45. The molecule has 2 bridgehead atoms. The second-order valence-corrected chi connectivity index (χ2v) is 3.94. The molecule has 0 aliphatic heterocycles. The molecule has 1 atom stereocenters. The maximum Gasteiger partial charge on any atom is 0.0209 e. The third kappa shape index (κ3) is 0.413. The van der Waals surface area contributed by atoms with Crippen LogP contribution in [-0.2, 0) is 0 Å². The molecule has 0 spiro atoms. The third-order valence-electron chi connectivity index (χ3n) is 3.14. The molecule has 0 aromatic heterocycles.